The second-order valence-electron chi connectivity index (χ2n) is 17.3. The lowest BCUT2D eigenvalue weighted by atomic mass is 9.73. The molecule has 2 bridgehead atoms. The predicted molar refractivity (Wildman–Crippen MR) is 227 cm³/mol. The highest BCUT2D eigenvalue weighted by Crippen LogP contribution is 2.49. The number of aliphatic hydroxyl groups is 2. The van der Waals surface area contributed by atoms with Crippen LogP contribution in [0.1, 0.15) is 137 Å². The van der Waals surface area contributed by atoms with E-state index in [0.717, 1.165) is 123 Å². The van der Waals surface area contributed by atoms with E-state index in [2.05, 4.69) is 54.1 Å². The van der Waals surface area contributed by atoms with Gasteiger partial charge >= 0.3 is 0 Å². The summed E-state index contributed by atoms with van der Waals surface area (Å²) in [5, 5.41) is 26.5. The van der Waals surface area contributed by atoms with Crippen molar-refractivity contribution in [2.24, 2.45) is 28.0 Å². The zero-order chi connectivity index (χ0) is 40.2. The monoisotopic (exact) mass is 784 g/mol. The number of unbranched alkanes of at least 4 members (excludes halogenated alkanes) is 4. The van der Waals surface area contributed by atoms with Gasteiger partial charge in [0, 0.05) is 49.8 Å². The standard InChI is InChI=1S/C49H60N4O5/c1-3-5-7-11-37(42(54)12-8-6-4-2)44(56)18-13-32-14-20-45-46(27-32)58-48-40(49(24-26-57-45)22-9-10-23-49)17-19-43(55)35-15-16-36-34(21-25-51-47(36)50)38(35)28-33-29-52-41-31-53(48)30-39(33)41/h14-16,20,27,29,31,37,40,42-43,47-48,51,54-55H,3-13,18,21-23,25,28,30,50H2,1-2H3. The third-order valence-electron chi connectivity index (χ3n) is 13.5. The highest BCUT2D eigenvalue weighted by molar-refractivity contribution is 5.88. The molecule has 0 aromatic heterocycles. The van der Waals surface area contributed by atoms with Gasteiger partial charge in [0.2, 0.25) is 0 Å². The Hall–Kier alpha value is -4.38. The van der Waals surface area contributed by atoms with Gasteiger partial charge in [-0.25, -0.2) is 0 Å². The van der Waals surface area contributed by atoms with Crippen molar-refractivity contribution in [3.8, 4) is 35.4 Å². The molecule has 6 unspecified atom stereocenters. The van der Waals surface area contributed by atoms with Crippen molar-refractivity contribution in [1.29, 1.82) is 0 Å². The first-order valence-corrected chi connectivity index (χ1v) is 22.0. The molecule has 0 saturated heterocycles. The van der Waals surface area contributed by atoms with Gasteiger partial charge in [0.1, 0.15) is 18.0 Å². The minimum atomic E-state index is -1.02. The van der Waals surface area contributed by atoms with Gasteiger partial charge in [-0.1, -0.05) is 101 Å². The number of ketones is 1. The molecule has 5 N–H and O–H groups in total. The number of carbonyl (C=O) groups excluding carboxylic acids is 1. The average Bonchev–Trinajstić information content (AvgIpc) is 3.97. The van der Waals surface area contributed by atoms with Crippen molar-refractivity contribution in [2.45, 2.75) is 141 Å². The van der Waals surface area contributed by atoms with Crippen molar-refractivity contribution >= 4 is 12.0 Å². The van der Waals surface area contributed by atoms with Crippen molar-refractivity contribution < 1.29 is 24.5 Å². The first-order valence-electron chi connectivity index (χ1n) is 22.0. The summed E-state index contributed by atoms with van der Waals surface area (Å²) in [7, 11) is 0. The van der Waals surface area contributed by atoms with Crippen LogP contribution in [0.2, 0.25) is 0 Å². The van der Waals surface area contributed by atoms with Crippen LogP contribution < -0.4 is 20.5 Å². The Bertz CT molecular complexity index is 2090. The molecule has 306 valence electrons. The lowest BCUT2D eigenvalue weighted by molar-refractivity contribution is -0.126. The zero-order valence-corrected chi connectivity index (χ0v) is 34.3. The summed E-state index contributed by atoms with van der Waals surface area (Å²) < 4.78 is 13.4. The fourth-order valence-corrected chi connectivity index (χ4v) is 10.1. The topological polar surface area (TPSA) is 130 Å². The summed E-state index contributed by atoms with van der Waals surface area (Å²) in [6.07, 6.45) is 18.4. The van der Waals surface area contributed by atoms with E-state index in [4.69, 9.17) is 20.2 Å². The maximum Gasteiger partial charge on any atom is 0.187 e. The molecular weight excluding hydrogens is 725 g/mol. The number of hydrogen-bond donors (Lipinski definition) is 4. The summed E-state index contributed by atoms with van der Waals surface area (Å²) in [4.78, 5) is 20.9. The minimum Gasteiger partial charge on any atom is -0.465 e. The molecule has 5 heterocycles. The molecule has 5 aliphatic heterocycles. The number of aryl methyl sites for hydroxylation is 1. The number of carbonyl (C=O) groups is 1. The van der Waals surface area contributed by atoms with Crippen molar-refractivity contribution in [1.82, 2.24) is 10.2 Å². The van der Waals surface area contributed by atoms with Gasteiger partial charge in [0.15, 0.2) is 17.7 Å². The lowest BCUT2D eigenvalue weighted by Gasteiger charge is -2.39. The van der Waals surface area contributed by atoms with Crippen LogP contribution in [-0.4, -0.2) is 52.5 Å². The van der Waals surface area contributed by atoms with Crippen LogP contribution >= 0.6 is 0 Å². The van der Waals surface area contributed by atoms with Gasteiger partial charge in [-0.15, -0.1) is 0 Å². The first kappa shape index (κ1) is 40.4. The third kappa shape index (κ3) is 8.25. The van der Waals surface area contributed by atoms with E-state index in [-0.39, 0.29) is 17.9 Å². The van der Waals surface area contributed by atoms with E-state index in [9.17, 15) is 15.0 Å². The smallest absolute Gasteiger partial charge is 0.187 e. The lowest BCUT2D eigenvalue weighted by Crippen LogP contribution is -2.47. The van der Waals surface area contributed by atoms with Crippen LogP contribution in [0.4, 0.5) is 0 Å². The molecule has 9 nitrogen and oxygen atoms in total. The van der Waals surface area contributed by atoms with Crippen molar-refractivity contribution in [2.75, 3.05) is 13.1 Å². The molecule has 2 aromatic rings. The Morgan fingerprint density at radius 1 is 1.03 bits per heavy atom. The van der Waals surface area contributed by atoms with E-state index >= 15 is 0 Å². The quantitative estimate of drug-likeness (QED) is 0.122. The Morgan fingerprint density at radius 3 is 2.64 bits per heavy atom. The molecule has 58 heavy (non-hydrogen) atoms. The molecule has 1 fully saturated rings. The number of aliphatic imine (C=N–C) groups is 1. The number of ether oxygens (including phenoxy) is 2. The molecule has 6 atom stereocenters. The molecular formula is C49H60N4O5. The fourth-order valence-electron chi connectivity index (χ4n) is 10.1. The maximum absolute atomic E-state index is 13.8. The summed E-state index contributed by atoms with van der Waals surface area (Å²) in [6, 6.07) is 9.92. The predicted octanol–water partition coefficient (Wildman–Crippen LogP) is 7.49. The molecule has 1 aliphatic carbocycles. The summed E-state index contributed by atoms with van der Waals surface area (Å²) in [6.45, 7) is 5.70. The molecule has 0 radical (unpaired) electrons. The number of Topliss-reactive ketones (excluding diaryl/α,β-unsaturated/α-hetero) is 1. The second-order valence-corrected chi connectivity index (χ2v) is 17.3. The molecule has 0 amide bonds. The summed E-state index contributed by atoms with van der Waals surface area (Å²) in [5.74, 6) is 11.0. The molecule has 9 heteroatoms. The van der Waals surface area contributed by atoms with Crippen molar-refractivity contribution in [3.05, 3.63) is 81.2 Å². The van der Waals surface area contributed by atoms with Gasteiger partial charge in [0.25, 0.3) is 0 Å². The number of nitrogens with one attached hydrogen (secondary N) is 1. The molecule has 1 spiro atoms. The van der Waals surface area contributed by atoms with Gasteiger partial charge in [-0.05, 0) is 84.0 Å². The number of nitrogens with zero attached hydrogens (tertiary/aromatic N) is 2. The number of hydrogen-bond acceptors (Lipinski definition) is 9. The highest BCUT2D eigenvalue weighted by Gasteiger charge is 2.48. The number of nitrogens with two attached hydrogens (primary N) is 1. The number of allylic oxidation sites excluding steroid dienone is 1. The largest absolute Gasteiger partial charge is 0.465 e. The Morgan fingerprint density at radius 2 is 1.83 bits per heavy atom. The van der Waals surface area contributed by atoms with Gasteiger partial charge in [0.05, 0.1) is 29.3 Å². The van der Waals surface area contributed by atoms with Crippen LogP contribution in [0, 0.1) is 41.1 Å². The maximum atomic E-state index is 13.8. The van der Waals surface area contributed by atoms with Gasteiger partial charge in [-0.3, -0.25) is 15.1 Å². The summed E-state index contributed by atoms with van der Waals surface area (Å²) in [5.41, 5.74) is 14.3. The van der Waals surface area contributed by atoms with E-state index < -0.39 is 29.8 Å². The first-order chi connectivity index (χ1) is 28.3. The van der Waals surface area contributed by atoms with Crippen LogP contribution in [-0.2, 0) is 24.1 Å². The fraction of sp³-hybridized carbons (Fsp3) is 0.551. The molecule has 2 aromatic carbocycles. The van der Waals surface area contributed by atoms with Crippen molar-refractivity contribution in [3.63, 3.8) is 0 Å². The number of rotatable bonds is 13. The van der Waals surface area contributed by atoms with E-state index in [1.165, 1.54) is 5.56 Å². The van der Waals surface area contributed by atoms with E-state index in [0.29, 0.717) is 43.7 Å². The van der Waals surface area contributed by atoms with Crippen LogP contribution in [0.25, 0.3) is 0 Å². The number of fused-ring (bicyclic) bond motifs is 8. The Labute approximate surface area is 344 Å². The van der Waals surface area contributed by atoms with Gasteiger partial charge < -0.3 is 30.3 Å². The van der Waals surface area contributed by atoms with Crippen LogP contribution in [0.3, 0.4) is 0 Å². The highest BCUT2D eigenvalue weighted by atomic mass is 16.5. The number of benzene rings is 2. The zero-order valence-electron chi connectivity index (χ0n) is 34.3. The summed E-state index contributed by atoms with van der Waals surface area (Å²) >= 11 is 0. The number of aliphatic hydroxyl groups excluding tert-OH is 2. The average molecular weight is 785 g/mol. The van der Waals surface area contributed by atoms with Crippen LogP contribution in [0.15, 0.2) is 58.4 Å². The SMILES string of the molecule is CCCCCC(O)C(CCCCC)C(=O)CCc1ccc2c(c1)OC1C(C#CC(O)c3ccc4c(c3CC3=C5CN1C=C5N=C3)CCNC4N)C1(C#CO2)CCCC1. The molecule has 8 rings (SSSR count). The molecule has 1 saturated carbocycles. The second kappa shape index (κ2) is 17.9. The third-order valence-corrected chi connectivity index (χ3v) is 13.5. The normalized spacial score (nSPS) is 24.6. The van der Waals surface area contributed by atoms with Gasteiger partial charge in [-0.2, -0.15) is 0 Å². The Kier molecular flexibility index (Phi) is 12.4. The van der Waals surface area contributed by atoms with E-state index in [1.807, 2.05) is 36.5 Å². The van der Waals surface area contributed by atoms with E-state index in [1.54, 1.807) is 0 Å². The molecule has 6 aliphatic rings. The minimum absolute atomic E-state index is 0.129. The Balaban J connectivity index is 1.13. The van der Waals surface area contributed by atoms with Crippen LogP contribution in [0.5, 0.6) is 11.5 Å².